The molecule has 1 unspecified atom stereocenters. The van der Waals surface area contributed by atoms with Gasteiger partial charge in [-0.2, -0.15) is 0 Å². The molecule has 0 bridgehead atoms. The van der Waals surface area contributed by atoms with Crippen molar-refractivity contribution >= 4 is 0 Å². The highest BCUT2D eigenvalue weighted by Crippen LogP contribution is 2.37. The Bertz CT molecular complexity index is 329. The normalized spacial score (nSPS) is 29.2. The summed E-state index contributed by atoms with van der Waals surface area (Å²) in [6.07, 6.45) is 0.191. The molecule has 2 heteroatoms. The zero-order valence-electron chi connectivity index (χ0n) is 11.1. The predicted molar refractivity (Wildman–Crippen MR) is 68.6 cm³/mol. The summed E-state index contributed by atoms with van der Waals surface area (Å²) >= 11 is 0. The zero-order chi connectivity index (χ0) is 12.4. The zero-order valence-corrected chi connectivity index (χ0v) is 11.1. The number of ether oxygens (including phenoxy) is 2. The van der Waals surface area contributed by atoms with Crippen LogP contribution in [-0.2, 0) is 9.47 Å². The Hall–Kier alpha value is -0.860. The van der Waals surface area contributed by atoms with Crippen LogP contribution in [0.25, 0.3) is 0 Å². The summed E-state index contributed by atoms with van der Waals surface area (Å²) in [7, 11) is 0. The highest BCUT2D eigenvalue weighted by Gasteiger charge is 2.39. The van der Waals surface area contributed by atoms with Crippen LogP contribution in [0.5, 0.6) is 0 Å². The summed E-state index contributed by atoms with van der Waals surface area (Å²) in [4.78, 5) is 0. The molecule has 1 saturated heterocycles. The summed E-state index contributed by atoms with van der Waals surface area (Å²) in [5.74, 6) is 0.965. The molecule has 1 aliphatic heterocycles. The Balaban J connectivity index is 2.14. The van der Waals surface area contributed by atoms with E-state index in [9.17, 15) is 0 Å². The summed E-state index contributed by atoms with van der Waals surface area (Å²) in [6, 6.07) is 10.2. The molecule has 17 heavy (non-hydrogen) atoms. The molecule has 94 valence electrons. The molecule has 1 fully saturated rings. The SMILES string of the molecule is CC(C)[C@H]1OC(c2ccccc2)O[C@H]1C(C)C. The van der Waals surface area contributed by atoms with Crippen molar-refractivity contribution in [3.8, 4) is 0 Å². The van der Waals surface area contributed by atoms with E-state index in [4.69, 9.17) is 9.47 Å². The molecule has 0 spiro atoms. The first kappa shape index (κ1) is 12.6. The van der Waals surface area contributed by atoms with Crippen molar-refractivity contribution < 1.29 is 9.47 Å². The Morgan fingerprint density at radius 1 is 0.824 bits per heavy atom. The van der Waals surface area contributed by atoms with E-state index >= 15 is 0 Å². The minimum absolute atomic E-state index is 0.195. The average Bonchev–Trinajstić information content (AvgIpc) is 2.75. The van der Waals surface area contributed by atoms with Crippen LogP contribution in [0.1, 0.15) is 39.5 Å². The van der Waals surface area contributed by atoms with Gasteiger partial charge in [-0.05, 0) is 11.8 Å². The summed E-state index contributed by atoms with van der Waals surface area (Å²) in [5.41, 5.74) is 1.11. The molecule has 1 aromatic rings. The van der Waals surface area contributed by atoms with Crippen LogP contribution < -0.4 is 0 Å². The molecule has 0 aromatic heterocycles. The second-order valence-corrected chi connectivity index (χ2v) is 5.43. The Kier molecular flexibility index (Phi) is 3.85. The molecule has 3 atom stereocenters. The van der Waals surface area contributed by atoms with Crippen molar-refractivity contribution in [1.29, 1.82) is 0 Å². The van der Waals surface area contributed by atoms with Gasteiger partial charge in [0.15, 0.2) is 6.29 Å². The van der Waals surface area contributed by atoms with Crippen molar-refractivity contribution in [3.05, 3.63) is 35.9 Å². The third kappa shape index (κ3) is 2.70. The fourth-order valence-corrected chi connectivity index (χ4v) is 2.31. The van der Waals surface area contributed by atoms with Gasteiger partial charge in [-0.1, -0.05) is 58.0 Å². The predicted octanol–water partition coefficient (Wildman–Crippen LogP) is 3.78. The maximum absolute atomic E-state index is 6.06. The summed E-state index contributed by atoms with van der Waals surface area (Å²) in [6.45, 7) is 8.76. The van der Waals surface area contributed by atoms with Crippen LogP contribution in [0.15, 0.2) is 30.3 Å². The average molecular weight is 234 g/mol. The number of benzene rings is 1. The van der Waals surface area contributed by atoms with Crippen molar-refractivity contribution in [2.75, 3.05) is 0 Å². The smallest absolute Gasteiger partial charge is 0.184 e. The monoisotopic (exact) mass is 234 g/mol. The minimum Gasteiger partial charge on any atom is -0.342 e. The minimum atomic E-state index is -0.198. The lowest BCUT2D eigenvalue weighted by Crippen LogP contribution is -2.31. The lowest BCUT2D eigenvalue weighted by molar-refractivity contribution is -0.0766. The first-order valence-corrected chi connectivity index (χ1v) is 6.45. The molecule has 2 nitrogen and oxygen atoms in total. The second kappa shape index (κ2) is 5.19. The van der Waals surface area contributed by atoms with E-state index < -0.39 is 0 Å². The lowest BCUT2D eigenvalue weighted by Gasteiger charge is -2.22. The molecular formula is C15H22O2. The molecule has 1 aliphatic rings. The van der Waals surface area contributed by atoms with Crippen molar-refractivity contribution in [3.63, 3.8) is 0 Å². The third-order valence-electron chi connectivity index (χ3n) is 3.27. The van der Waals surface area contributed by atoms with E-state index in [-0.39, 0.29) is 18.5 Å². The van der Waals surface area contributed by atoms with Gasteiger partial charge in [-0.3, -0.25) is 0 Å². The lowest BCUT2D eigenvalue weighted by atomic mass is 9.94. The Morgan fingerprint density at radius 3 is 1.71 bits per heavy atom. The number of rotatable bonds is 3. The van der Waals surface area contributed by atoms with Crippen LogP contribution in [0.2, 0.25) is 0 Å². The fourth-order valence-electron chi connectivity index (χ4n) is 2.31. The molecule has 0 amide bonds. The fraction of sp³-hybridized carbons (Fsp3) is 0.600. The van der Waals surface area contributed by atoms with Crippen LogP contribution in [0.3, 0.4) is 0 Å². The van der Waals surface area contributed by atoms with Crippen molar-refractivity contribution in [2.24, 2.45) is 11.8 Å². The third-order valence-corrected chi connectivity index (χ3v) is 3.27. The van der Waals surface area contributed by atoms with Crippen molar-refractivity contribution in [2.45, 2.75) is 46.2 Å². The quantitative estimate of drug-likeness (QED) is 0.792. The van der Waals surface area contributed by atoms with Gasteiger partial charge in [0.05, 0.1) is 12.2 Å². The van der Waals surface area contributed by atoms with Gasteiger partial charge in [0.2, 0.25) is 0 Å². The molecule has 0 saturated carbocycles. The van der Waals surface area contributed by atoms with Gasteiger partial charge in [0, 0.05) is 5.56 Å². The van der Waals surface area contributed by atoms with Gasteiger partial charge in [0.25, 0.3) is 0 Å². The molecule has 0 aliphatic carbocycles. The Morgan fingerprint density at radius 2 is 1.29 bits per heavy atom. The highest BCUT2D eigenvalue weighted by molar-refractivity contribution is 5.16. The second-order valence-electron chi connectivity index (χ2n) is 5.43. The maximum Gasteiger partial charge on any atom is 0.184 e. The molecule has 1 aromatic carbocycles. The van der Waals surface area contributed by atoms with Crippen LogP contribution in [-0.4, -0.2) is 12.2 Å². The van der Waals surface area contributed by atoms with Crippen molar-refractivity contribution in [1.82, 2.24) is 0 Å². The highest BCUT2D eigenvalue weighted by atomic mass is 16.7. The molecule has 2 rings (SSSR count). The largest absolute Gasteiger partial charge is 0.342 e. The van der Waals surface area contributed by atoms with Gasteiger partial charge in [-0.15, -0.1) is 0 Å². The first-order valence-electron chi connectivity index (χ1n) is 6.45. The molecule has 0 radical (unpaired) electrons. The number of hydrogen-bond donors (Lipinski definition) is 0. The maximum atomic E-state index is 6.06. The van der Waals surface area contributed by atoms with E-state index in [0.717, 1.165) is 5.56 Å². The summed E-state index contributed by atoms with van der Waals surface area (Å²) < 4.78 is 12.1. The topological polar surface area (TPSA) is 18.5 Å². The van der Waals surface area contributed by atoms with Gasteiger partial charge < -0.3 is 9.47 Å². The molecule has 1 heterocycles. The van der Waals surface area contributed by atoms with Gasteiger partial charge in [0.1, 0.15) is 0 Å². The van der Waals surface area contributed by atoms with Gasteiger partial charge >= 0.3 is 0 Å². The van der Waals surface area contributed by atoms with Crippen LogP contribution >= 0.6 is 0 Å². The van der Waals surface area contributed by atoms with Crippen LogP contribution in [0.4, 0.5) is 0 Å². The molecule has 0 N–H and O–H groups in total. The molecular weight excluding hydrogens is 212 g/mol. The summed E-state index contributed by atoms with van der Waals surface area (Å²) in [5, 5.41) is 0. The van der Waals surface area contributed by atoms with E-state index in [1.807, 2.05) is 18.2 Å². The van der Waals surface area contributed by atoms with E-state index in [2.05, 4.69) is 39.8 Å². The van der Waals surface area contributed by atoms with E-state index in [1.54, 1.807) is 0 Å². The Labute approximate surface area is 104 Å². The number of hydrogen-bond acceptors (Lipinski definition) is 2. The van der Waals surface area contributed by atoms with Crippen LogP contribution in [0, 0.1) is 11.8 Å². The van der Waals surface area contributed by atoms with Gasteiger partial charge in [-0.25, -0.2) is 0 Å². The first-order chi connectivity index (χ1) is 8.09. The van der Waals surface area contributed by atoms with E-state index in [0.29, 0.717) is 11.8 Å². The van der Waals surface area contributed by atoms with E-state index in [1.165, 1.54) is 0 Å². The standard InChI is InChI=1S/C15H22O2/c1-10(2)13-14(11(3)4)17-15(16-13)12-8-6-5-7-9-12/h5-11,13-15H,1-4H3/t13-,14+,15?.